The summed E-state index contributed by atoms with van der Waals surface area (Å²) in [6.07, 6.45) is 4.96. The molecule has 20 heavy (non-hydrogen) atoms. The molecule has 0 heterocycles. The number of hydrogen-bond acceptors (Lipinski definition) is 2. The first kappa shape index (κ1) is 15.9. The Labute approximate surface area is 128 Å². The molecule has 0 radical (unpaired) electrons. The van der Waals surface area contributed by atoms with Crippen LogP contribution in [0.4, 0.5) is 4.39 Å². The van der Waals surface area contributed by atoms with Gasteiger partial charge in [-0.1, -0.05) is 19.8 Å². The predicted octanol–water partition coefficient (Wildman–Crippen LogP) is 3.84. The van der Waals surface area contributed by atoms with E-state index in [4.69, 9.17) is 0 Å². The van der Waals surface area contributed by atoms with Gasteiger partial charge in [0.15, 0.2) is 0 Å². The number of rotatable bonds is 3. The summed E-state index contributed by atoms with van der Waals surface area (Å²) in [7, 11) is -3.60. The summed E-state index contributed by atoms with van der Waals surface area (Å²) in [5, 5.41) is 0. The summed E-state index contributed by atoms with van der Waals surface area (Å²) < 4.78 is 40.8. The van der Waals surface area contributed by atoms with Gasteiger partial charge in [-0.25, -0.2) is 17.5 Å². The molecule has 1 fully saturated rings. The first-order chi connectivity index (χ1) is 9.38. The smallest absolute Gasteiger partial charge is 0.208 e. The van der Waals surface area contributed by atoms with E-state index in [1.807, 2.05) is 0 Å². The zero-order valence-corrected chi connectivity index (χ0v) is 13.8. The van der Waals surface area contributed by atoms with Crippen LogP contribution in [0.25, 0.3) is 0 Å². The summed E-state index contributed by atoms with van der Waals surface area (Å²) in [6, 6.07) is 3.60. The van der Waals surface area contributed by atoms with Gasteiger partial charge in [-0.2, -0.15) is 0 Å². The van der Waals surface area contributed by atoms with Crippen molar-refractivity contribution in [1.82, 2.24) is 4.72 Å². The fourth-order valence-corrected chi connectivity index (χ4v) is 4.94. The Kier molecular flexibility index (Phi) is 5.20. The minimum atomic E-state index is -3.60. The fraction of sp³-hybridized carbons (Fsp3) is 0.571. The van der Waals surface area contributed by atoms with E-state index in [-0.39, 0.29) is 15.4 Å². The van der Waals surface area contributed by atoms with Gasteiger partial charge in [0.2, 0.25) is 10.0 Å². The van der Waals surface area contributed by atoms with E-state index < -0.39 is 15.8 Å². The molecular weight excluding hydrogens is 345 g/mol. The van der Waals surface area contributed by atoms with Crippen molar-refractivity contribution >= 4 is 26.0 Å². The van der Waals surface area contributed by atoms with Crippen molar-refractivity contribution in [2.24, 2.45) is 5.92 Å². The second-order valence-corrected chi connectivity index (χ2v) is 8.04. The Morgan fingerprint density at radius 2 is 2.00 bits per heavy atom. The first-order valence-corrected chi connectivity index (χ1v) is 9.13. The zero-order chi connectivity index (χ0) is 14.8. The highest BCUT2D eigenvalue weighted by molar-refractivity contribution is 9.10. The van der Waals surface area contributed by atoms with Crippen LogP contribution < -0.4 is 4.72 Å². The lowest BCUT2D eigenvalue weighted by Gasteiger charge is -2.17. The van der Waals surface area contributed by atoms with E-state index in [1.54, 1.807) is 0 Å². The second-order valence-electron chi connectivity index (χ2n) is 5.51. The largest absolute Gasteiger partial charge is 0.241 e. The average Bonchev–Trinajstić information content (AvgIpc) is 2.53. The SMILES string of the molecule is CC1CCCC(NS(=O)(=O)c2ccc(F)cc2Br)CC1. The van der Waals surface area contributed by atoms with Crippen LogP contribution in [0.1, 0.15) is 39.0 Å². The molecule has 3 nitrogen and oxygen atoms in total. The third-order valence-corrected chi connectivity index (χ3v) is 6.26. The number of nitrogens with one attached hydrogen (secondary N) is 1. The van der Waals surface area contributed by atoms with E-state index in [0.717, 1.165) is 38.2 Å². The van der Waals surface area contributed by atoms with Gasteiger partial charge in [0.25, 0.3) is 0 Å². The first-order valence-electron chi connectivity index (χ1n) is 6.86. The number of benzene rings is 1. The molecule has 1 aromatic rings. The van der Waals surface area contributed by atoms with E-state index in [2.05, 4.69) is 27.6 Å². The molecule has 0 aromatic heterocycles. The van der Waals surface area contributed by atoms with Crippen molar-refractivity contribution in [3.05, 3.63) is 28.5 Å². The Bertz CT molecular complexity index is 577. The summed E-state index contributed by atoms with van der Waals surface area (Å²) in [6.45, 7) is 2.20. The normalized spacial score (nSPS) is 24.4. The molecule has 1 N–H and O–H groups in total. The molecule has 1 aliphatic carbocycles. The monoisotopic (exact) mass is 363 g/mol. The van der Waals surface area contributed by atoms with Crippen LogP contribution in [-0.4, -0.2) is 14.5 Å². The molecule has 1 aromatic carbocycles. The predicted molar refractivity (Wildman–Crippen MR) is 80.5 cm³/mol. The molecule has 0 bridgehead atoms. The van der Waals surface area contributed by atoms with Gasteiger partial charge >= 0.3 is 0 Å². The van der Waals surface area contributed by atoms with E-state index in [9.17, 15) is 12.8 Å². The molecule has 0 saturated heterocycles. The lowest BCUT2D eigenvalue weighted by atomic mass is 10.0. The maximum atomic E-state index is 13.0. The van der Waals surface area contributed by atoms with E-state index in [1.165, 1.54) is 12.1 Å². The van der Waals surface area contributed by atoms with Crippen LogP contribution in [-0.2, 0) is 10.0 Å². The Morgan fingerprint density at radius 3 is 2.70 bits per heavy atom. The molecule has 0 amide bonds. The van der Waals surface area contributed by atoms with Crippen LogP contribution >= 0.6 is 15.9 Å². The highest BCUT2D eigenvalue weighted by atomic mass is 79.9. The maximum Gasteiger partial charge on any atom is 0.241 e. The maximum absolute atomic E-state index is 13.0. The van der Waals surface area contributed by atoms with Gasteiger partial charge in [0.05, 0.1) is 4.90 Å². The van der Waals surface area contributed by atoms with E-state index in [0.29, 0.717) is 5.92 Å². The zero-order valence-electron chi connectivity index (χ0n) is 11.4. The lowest BCUT2D eigenvalue weighted by molar-refractivity contribution is 0.484. The highest BCUT2D eigenvalue weighted by Crippen LogP contribution is 2.26. The Balaban J connectivity index is 2.14. The van der Waals surface area contributed by atoms with Gasteiger partial charge in [-0.15, -0.1) is 0 Å². The molecule has 2 rings (SSSR count). The molecule has 0 spiro atoms. The quantitative estimate of drug-likeness (QED) is 0.829. The number of hydrogen-bond donors (Lipinski definition) is 1. The molecule has 2 atom stereocenters. The molecule has 1 saturated carbocycles. The minimum Gasteiger partial charge on any atom is -0.208 e. The third kappa shape index (κ3) is 4.02. The summed E-state index contributed by atoms with van der Waals surface area (Å²) in [5.41, 5.74) is 0. The van der Waals surface area contributed by atoms with Crippen molar-refractivity contribution in [2.45, 2.75) is 50.0 Å². The van der Waals surface area contributed by atoms with Gasteiger partial charge < -0.3 is 0 Å². The molecule has 6 heteroatoms. The van der Waals surface area contributed by atoms with E-state index >= 15 is 0 Å². The van der Waals surface area contributed by atoms with Crippen LogP contribution in [0.15, 0.2) is 27.6 Å². The summed E-state index contributed by atoms with van der Waals surface area (Å²) >= 11 is 3.11. The lowest BCUT2D eigenvalue weighted by Crippen LogP contribution is -2.34. The van der Waals surface area contributed by atoms with Gasteiger partial charge in [0.1, 0.15) is 5.82 Å². The minimum absolute atomic E-state index is 0.0260. The highest BCUT2D eigenvalue weighted by Gasteiger charge is 2.24. The molecular formula is C14H19BrFNO2S. The van der Waals surface area contributed by atoms with Crippen LogP contribution in [0.2, 0.25) is 0 Å². The third-order valence-electron chi connectivity index (χ3n) is 3.76. The van der Waals surface area contributed by atoms with Crippen LogP contribution in [0.3, 0.4) is 0 Å². The van der Waals surface area contributed by atoms with Crippen molar-refractivity contribution in [2.75, 3.05) is 0 Å². The molecule has 112 valence electrons. The standard InChI is InChI=1S/C14H19BrFNO2S/c1-10-3-2-4-12(7-5-10)17-20(18,19)14-8-6-11(16)9-13(14)15/h6,8-10,12,17H,2-5,7H2,1H3. The van der Waals surface area contributed by atoms with Crippen molar-refractivity contribution < 1.29 is 12.8 Å². The molecule has 1 aliphatic rings. The van der Waals surface area contributed by atoms with Crippen molar-refractivity contribution in [3.63, 3.8) is 0 Å². The second kappa shape index (κ2) is 6.54. The van der Waals surface area contributed by atoms with Gasteiger partial charge in [-0.05, 0) is 59.3 Å². The number of sulfonamides is 1. The van der Waals surface area contributed by atoms with Crippen LogP contribution in [0, 0.1) is 11.7 Å². The van der Waals surface area contributed by atoms with Gasteiger partial charge in [-0.3, -0.25) is 0 Å². The molecule has 0 aliphatic heterocycles. The Hall–Kier alpha value is -0.460. The van der Waals surface area contributed by atoms with Crippen LogP contribution in [0.5, 0.6) is 0 Å². The summed E-state index contributed by atoms with van der Waals surface area (Å²) in [4.78, 5) is 0.0937. The Morgan fingerprint density at radius 1 is 1.25 bits per heavy atom. The average molecular weight is 364 g/mol. The number of halogens is 2. The van der Waals surface area contributed by atoms with Crippen molar-refractivity contribution in [1.29, 1.82) is 0 Å². The van der Waals surface area contributed by atoms with Gasteiger partial charge in [0, 0.05) is 10.5 Å². The topological polar surface area (TPSA) is 46.2 Å². The fourth-order valence-electron chi connectivity index (χ4n) is 2.58. The molecule has 2 unspecified atom stereocenters. The van der Waals surface area contributed by atoms with Crippen molar-refractivity contribution in [3.8, 4) is 0 Å². The summed E-state index contributed by atoms with van der Waals surface area (Å²) in [5.74, 6) is 0.196.